The number of hydrogen-bond acceptors (Lipinski definition) is 2. The predicted octanol–water partition coefficient (Wildman–Crippen LogP) is 8.61. The molecule has 0 aliphatic carbocycles. The Labute approximate surface area is 186 Å². The van der Waals surface area contributed by atoms with Gasteiger partial charge in [0.25, 0.3) is 0 Å². The van der Waals surface area contributed by atoms with Crippen molar-refractivity contribution in [2.75, 3.05) is 6.61 Å². The molecular weight excluding hydrogens is 370 g/mol. The highest BCUT2D eigenvalue weighted by molar-refractivity contribution is 5.89. The topological polar surface area (TPSA) is 42.1 Å². The van der Waals surface area contributed by atoms with Gasteiger partial charge in [0, 0.05) is 5.69 Å². The van der Waals surface area contributed by atoms with Gasteiger partial charge in [-0.1, -0.05) is 103 Å². The van der Waals surface area contributed by atoms with E-state index >= 15 is 0 Å². The first-order chi connectivity index (χ1) is 14.6. The van der Waals surface area contributed by atoms with Gasteiger partial charge < -0.3 is 9.72 Å². The molecule has 0 unspecified atom stereocenters. The number of aryl methyl sites for hydroxylation is 1. The van der Waals surface area contributed by atoms with Gasteiger partial charge in [0.05, 0.1) is 6.61 Å². The van der Waals surface area contributed by atoms with E-state index in [1.807, 2.05) is 13.8 Å². The molecular formula is C27H49NO2. The van der Waals surface area contributed by atoms with E-state index in [0.29, 0.717) is 12.3 Å². The van der Waals surface area contributed by atoms with Crippen LogP contribution in [0.25, 0.3) is 0 Å². The number of ether oxygens (including phenoxy) is 1. The van der Waals surface area contributed by atoms with E-state index in [4.69, 9.17) is 4.74 Å². The van der Waals surface area contributed by atoms with Crippen LogP contribution >= 0.6 is 0 Å². The van der Waals surface area contributed by atoms with Crippen molar-refractivity contribution in [3.8, 4) is 0 Å². The zero-order valence-corrected chi connectivity index (χ0v) is 20.5. The molecule has 0 bridgehead atoms. The summed E-state index contributed by atoms with van der Waals surface area (Å²) in [5.41, 5.74) is 4.15. The van der Waals surface area contributed by atoms with Crippen LogP contribution in [0, 0.1) is 13.8 Å². The van der Waals surface area contributed by atoms with E-state index in [1.165, 1.54) is 108 Å². The fourth-order valence-electron chi connectivity index (χ4n) is 4.42. The molecule has 0 aromatic carbocycles. The number of carbonyl (C=O) groups is 1. The van der Waals surface area contributed by atoms with Crippen LogP contribution in [0.3, 0.4) is 0 Å². The highest BCUT2D eigenvalue weighted by atomic mass is 16.5. The monoisotopic (exact) mass is 419 g/mol. The summed E-state index contributed by atoms with van der Waals surface area (Å²) in [4.78, 5) is 15.2. The smallest absolute Gasteiger partial charge is 0.355 e. The van der Waals surface area contributed by atoms with Gasteiger partial charge in [0.1, 0.15) is 5.69 Å². The fraction of sp³-hybridized carbons (Fsp3) is 0.815. The highest BCUT2D eigenvalue weighted by Crippen LogP contribution is 2.22. The Hall–Kier alpha value is -1.25. The molecule has 174 valence electrons. The van der Waals surface area contributed by atoms with E-state index in [2.05, 4.69) is 18.8 Å². The number of rotatable bonds is 19. The lowest BCUT2D eigenvalue weighted by atomic mass is 10.0. The Morgan fingerprint density at radius 2 is 1.13 bits per heavy atom. The minimum atomic E-state index is -0.226. The third kappa shape index (κ3) is 11.2. The van der Waals surface area contributed by atoms with Crippen molar-refractivity contribution in [1.82, 2.24) is 4.98 Å². The van der Waals surface area contributed by atoms with Crippen molar-refractivity contribution >= 4 is 5.97 Å². The number of aromatic nitrogens is 1. The van der Waals surface area contributed by atoms with Crippen molar-refractivity contribution in [3.63, 3.8) is 0 Å². The normalized spacial score (nSPS) is 11.2. The van der Waals surface area contributed by atoms with Gasteiger partial charge in [0.2, 0.25) is 0 Å². The average Bonchev–Trinajstić information content (AvgIpc) is 3.01. The number of carbonyl (C=O) groups excluding carboxylic acids is 1. The molecule has 1 aromatic heterocycles. The zero-order chi connectivity index (χ0) is 22.0. The fourth-order valence-corrected chi connectivity index (χ4v) is 4.42. The summed E-state index contributed by atoms with van der Waals surface area (Å²) in [6.07, 6.45) is 23.4. The quantitative estimate of drug-likeness (QED) is 0.180. The van der Waals surface area contributed by atoms with Crippen LogP contribution in [-0.2, 0) is 11.2 Å². The molecule has 0 amide bonds. The third-order valence-corrected chi connectivity index (χ3v) is 6.35. The largest absolute Gasteiger partial charge is 0.461 e. The maximum absolute atomic E-state index is 12.0. The summed E-state index contributed by atoms with van der Waals surface area (Å²) >= 11 is 0. The standard InChI is InChI=1S/C27H49NO2/c1-5-7-8-9-10-11-12-13-14-15-16-17-18-19-20-21-22-25-23(3)26(28-24(25)4)27(29)30-6-2/h28H,5-22H2,1-4H3. The van der Waals surface area contributed by atoms with Gasteiger partial charge in [-0.25, -0.2) is 4.79 Å². The van der Waals surface area contributed by atoms with Crippen molar-refractivity contribution in [2.24, 2.45) is 0 Å². The van der Waals surface area contributed by atoms with Gasteiger partial charge in [-0.3, -0.25) is 0 Å². The van der Waals surface area contributed by atoms with Gasteiger partial charge in [-0.05, 0) is 44.7 Å². The van der Waals surface area contributed by atoms with E-state index in [1.54, 1.807) is 0 Å². The molecule has 0 aliphatic heterocycles. The number of nitrogens with one attached hydrogen (secondary N) is 1. The Morgan fingerprint density at radius 3 is 1.57 bits per heavy atom. The lowest BCUT2D eigenvalue weighted by Crippen LogP contribution is -2.06. The molecule has 1 heterocycles. The molecule has 0 spiro atoms. The van der Waals surface area contributed by atoms with Crippen LogP contribution in [-0.4, -0.2) is 17.6 Å². The molecule has 30 heavy (non-hydrogen) atoms. The van der Waals surface area contributed by atoms with E-state index in [0.717, 1.165) is 17.7 Å². The first-order valence-electron chi connectivity index (χ1n) is 13.0. The van der Waals surface area contributed by atoms with Crippen LogP contribution in [0.2, 0.25) is 0 Å². The molecule has 3 heteroatoms. The Balaban J connectivity index is 1.97. The van der Waals surface area contributed by atoms with Crippen molar-refractivity contribution in [1.29, 1.82) is 0 Å². The van der Waals surface area contributed by atoms with Crippen LogP contribution < -0.4 is 0 Å². The Bertz CT molecular complexity index is 561. The summed E-state index contributed by atoms with van der Waals surface area (Å²) in [7, 11) is 0. The number of aromatic amines is 1. The summed E-state index contributed by atoms with van der Waals surface area (Å²) in [6.45, 7) is 8.66. The summed E-state index contributed by atoms with van der Waals surface area (Å²) < 4.78 is 5.14. The molecule has 0 atom stereocenters. The second-order valence-corrected chi connectivity index (χ2v) is 9.00. The zero-order valence-electron chi connectivity index (χ0n) is 20.5. The van der Waals surface area contributed by atoms with Gasteiger partial charge in [0.15, 0.2) is 0 Å². The van der Waals surface area contributed by atoms with Crippen LogP contribution in [0.15, 0.2) is 0 Å². The molecule has 0 radical (unpaired) electrons. The average molecular weight is 420 g/mol. The van der Waals surface area contributed by atoms with E-state index in [-0.39, 0.29) is 5.97 Å². The number of esters is 1. The summed E-state index contributed by atoms with van der Waals surface area (Å²) in [5.74, 6) is -0.226. The first kappa shape index (κ1) is 26.8. The van der Waals surface area contributed by atoms with E-state index in [9.17, 15) is 4.79 Å². The molecule has 1 aromatic rings. The number of H-pyrrole nitrogens is 1. The SMILES string of the molecule is CCCCCCCCCCCCCCCCCCc1c(C)[nH]c(C(=O)OCC)c1C. The maximum atomic E-state index is 12.0. The minimum Gasteiger partial charge on any atom is -0.461 e. The van der Waals surface area contributed by atoms with Crippen LogP contribution in [0.1, 0.15) is 144 Å². The first-order valence-corrected chi connectivity index (χ1v) is 13.0. The summed E-state index contributed by atoms with van der Waals surface area (Å²) in [5, 5.41) is 0. The van der Waals surface area contributed by atoms with Gasteiger partial charge in [-0.15, -0.1) is 0 Å². The van der Waals surface area contributed by atoms with Crippen molar-refractivity contribution < 1.29 is 9.53 Å². The van der Waals surface area contributed by atoms with E-state index < -0.39 is 0 Å². The van der Waals surface area contributed by atoms with Gasteiger partial charge in [-0.2, -0.15) is 0 Å². The lowest BCUT2D eigenvalue weighted by molar-refractivity contribution is 0.0519. The number of hydrogen-bond donors (Lipinski definition) is 1. The van der Waals surface area contributed by atoms with Crippen molar-refractivity contribution in [3.05, 3.63) is 22.5 Å². The molecule has 1 rings (SSSR count). The Kier molecular flexibility index (Phi) is 15.6. The molecule has 3 nitrogen and oxygen atoms in total. The van der Waals surface area contributed by atoms with Crippen LogP contribution in [0.4, 0.5) is 0 Å². The van der Waals surface area contributed by atoms with Crippen LogP contribution in [0.5, 0.6) is 0 Å². The number of unbranched alkanes of at least 4 members (excludes halogenated alkanes) is 15. The lowest BCUT2D eigenvalue weighted by Gasteiger charge is -2.05. The molecule has 0 saturated heterocycles. The van der Waals surface area contributed by atoms with Crippen molar-refractivity contribution in [2.45, 2.75) is 137 Å². The molecule has 0 aliphatic rings. The molecule has 0 fully saturated rings. The predicted molar refractivity (Wildman–Crippen MR) is 129 cm³/mol. The summed E-state index contributed by atoms with van der Waals surface area (Å²) in [6, 6.07) is 0. The van der Waals surface area contributed by atoms with Gasteiger partial charge >= 0.3 is 5.97 Å². The Morgan fingerprint density at radius 1 is 0.700 bits per heavy atom. The molecule has 1 N–H and O–H groups in total. The second-order valence-electron chi connectivity index (χ2n) is 9.00. The third-order valence-electron chi connectivity index (χ3n) is 6.35. The molecule has 0 saturated carbocycles. The minimum absolute atomic E-state index is 0.226. The second kappa shape index (κ2) is 17.4. The highest BCUT2D eigenvalue weighted by Gasteiger charge is 2.17. The maximum Gasteiger partial charge on any atom is 0.355 e.